The van der Waals surface area contributed by atoms with Crippen molar-refractivity contribution in [3.8, 4) is 0 Å². The molecular formula is C15H23BClFN6O4. The molecule has 154 valence electrons. The van der Waals surface area contributed by atoms with Crippen LogP contribution in [0.4, 0.5) is 4.39 Å². The third-order valence-corrected chi connectivity index (χ3v) is 3.76. The molecule has 1 aromatic carbocycles. The summed E-state index contributed by atoms with van der Waals surface area (Å²) in [6.45, 7) is 0.373. The number of aromatic nitrogens is 4. The van der Waals surface area contributed by atoms with Crippen molar-refractivity contribution in [2.75, 3.05) is 6.61 Å². The SMILES string of the molecule is Cl.NC(CCCCOB(O)O)c1nnnn1CC(=O)NCc1ccc(F)cc1. The lowest BCUT2D eigenvalue weighted by atomic mass is 10.1. The van der Waals surface area contributed by atoms with E-state index in [0.29, 0.717) is 25.1 Å². The Bertz CT molecular complexity index is 721. The molecule has 0 saturated heterocycles. The topological polar surface area (TPSA) is 148 Å². The number of nitrogens with one attached hydrogen (secondary N) is 1. The van der Waals surface area contributed by atoms with E-state index in [2.05, 4.69) is 25.5 Å². The number of benzene rings is 1. The van der Waals surface area contributed by atoms with Crippen LogP contribution in [0, 0.1) is 5.82 Å². The van der Waals surface area contributed by atoms with Gasteiger partial charge in [-0.15, -0.1) is 17.5 Å². The smallest absolute Gasteiger partial charge is 0.402 e. The van der Waals surface area contributed by atoms with Crippen LogP contribution in [-0.2, 0) is 22.5 Å². The van der Waals surface area contributed by atoms with Crippen molar-refractivity contribution in [3.05, 3.63) is 41.5 Å². The lowest BCUT2D eigenvalue weighted by molar-refractivity contribution is -0.122. The molecule has 0 saturated carbocycles. The lowest BCUT2D eigenvalue weighted by Crippen LogP contribution is -2.29. The predicted molar refractivity (Wildman–Crippen MR) is 100 cm³/mol. The second-order valence-electron chi connectivity index (χ2n) is 5.90. The van der Waals surface area contributed by atoms with Gasteiger partial charge in [-0.05, 0) is 47.4 Å². The van der Waals surface area contributed by atoms with Crippen LogP contribution in [0.5, 0.6) is 0 Å². The van der Waals surface area contributed by atoms with Gasteiger partial charge in [-0.1, -0.05) is 12.1 Å². The van der Waals surface area contributed by atoms with Crippen LogP contribution in [0.15, 0.2) is 24.3 Å². The number of rotatable bonds is 11. The predicted octanol–water partition coefficient (Wildman–Crippen LogP) is -0.293. The summed E-state index contributed by atoms with van der Waals surface area (Å²) in [6, 6.07) is 5.36. The highest BCUT2D eigenvalue weighted by atomic mass is 35.5. The van der Waals surface area contributed by atoms with E-state index in [4.69, 9.17) is 15.8 Å². The van der Waals surface area contributed by atoms with Crippen molar-refractivity contribution in [2.45, 2.75) is 38.4 Å². The van der Waals surface area contributed by atoms with E-state index in [0.717, 1.165) is 5.56 Å². The number of carbonyl (C=O) groups is 1. The Morgan fingerprint density at radius 2 is 2.04 bits per heavy atom. The highest BCUT2D eigenvalue weighted by Gasteiger charge is 2.17. The maximum absolute atomic E-state index is 12.9. The Morgan fingerprint density at radius 1 is 1.32 bits per heavy atom. The molecule has 2 aromatic rings. The van der Waals surface area contributed by atoms with E-state index in [1.54, 1.807) is 12.1 Å². The Morgan fingerprint density at radius 3 is 2.71 bits per heavy atom. The lowest BCUT2D eigenvalue weighted by Gasteiger charge is -2.12. The van der Waals surface area contributed by atoms with E-state index in [1.807, 2.05) is 0 Å². The summed E-state index contributed by atoms with van der Waals surface area (Å²) in [5.41, 5.74) is 6.84. The maximum atomic E-state index is 12.9. The van der Waals surface area contributed by atoms with E-state index in [1.165, 1.54) is 16.8 Å². The molecule has 2 rings (SSSR count). The van der Waals surface area contributed by atoms with Crippen LogP contribution in [0.2, 0.25) is 0 Å². The average molecular weight is 417 g/mol. The van der Waals surface area contributed by atoms with Gasteiger partial charge in [-0.25, -0.2) is 9.07 Å². The van der Waals surface area contributed by atoms with E-state index >= 15 is 0 Å². The van der Waals surface area contributed by atoms with Crippen molar-refractivity contribution >= 4 is 25.6 Å². The van der Waals surface area contributed by atoms with Crippen LogP contribution in [0.25, 0.3) is 0 Å². The summed E-state index contributed by atoms with van der Waals surface area (Å²) in [5, 5.41) is 31.1. The van der Waals surface area contributed by atoms with Gasteiger partial charge in [0.1, 0.15) is 12.4 Å². The van der Waals surface area contributed by atoms with E-state index in [9.17, 15) is 9.18 Å². The van der Waals surface area contributed by atoms with Gasteiger partial charge in [0.25, 0.3) is 0 Å². The van der Waals surface area contributed by atoms with Gasteiger partial charge in [0.05, 0.1) is 6.04 Å². The van der Waals surface area contributed by atoms with Gasteiger partial charge in [0, 0.05) is 13.2 Å². The minimum atomic E-state index is -1.78. The summed E-state index contributed by atoms with van der Waals surface area (Å²) in [5.74, 6) is -0.253. The molecule has 0 radical (unpaired) electrons. The molecule has 1 atom stereocenters. The molecule has 28 heavy (non-hydrogen) atoms. The molecule has 5 N–H and O–H groups in total. The number of nitrogens with two attached hydrogens (primary N) is 1. The van der Waals surface area contributed by atoms with Gasteiger partial charge in [-0.2, -0.15) is 0 Å². The number of amides is 1. The zero-order valence-electron chi connectivity index (χ0n) is 15.1. The number of carbonyl (C=O) groups excluding carboxylic acids is 1. The number of hydrogen-bond acceptors (Lipinski definition) is 8. The fraction of sp³-hybridized carbons (Fsp3) is 0.467. The zero-order chi connectivity index (χ0) is 19.6. The van der Waals surface area contributed by atoms with Crippen molar-refractivity contribution in [2.24, 2.45) is 5.73 Å². The second kappa shape index (κ2) is 12.4. The minimum Gasteiger partial charge on any atom is -0.402 e. The number of unbranched alkanes of at least 4 members (excludes halogenated alkanes) is 1. The highest BCUT2D eigenvalue weighted by molar-refractivity contribution is 6.32. The fourth-order valence-corrected chi connectivity index (χ4v) is 2.37. The summed E-state index contributed by atoms with van der Waals surface area (Å²) >= 11 is 0. The van der Waals surface area contributed by atoms with Gasteiger partial charge in [-0.3, -0.25) is 4.79 Å². The zero-order valence-corrected chi connectivity index (χ0v) is 15.9. The first-order chi connectivity index (χ1) is 13.0. The monoisotopic (exact) mass is 416 g/mol. The summed E-state index contributed by atoms with van der Waals surface area (Å²) in [7, 11) is -1.78. The molecule has 10 nitrogen and oxygen atoms in total. The van der Waals surface area contributed by atoms with Crippen molar-refractivity contribution in [1.82, 2.24) is 25.5 Å². The Hall–Kier alpha value is -2.12. The number of hydrogen-bond donors (Lipinski definition) is 4. The van der Waals surface area contributed by atoms with Crippen LogP contribution in [-0.4, -0.2) is 50.1 Å². The summed E-state index contributed by atoms with van der Waals surface area (Å²) < 4.78 is 18.8. The highest BCUT2D eigenvalue weighted by Crippen LogP contribution is 2.13. The Balaban J connectivity index is 0.00000392. The number of nitrogens with zero attached hydrogens (tertiary/aromatic N) is 4. The van der Waals surface area contributed by atoms with Crippen molar-refractivity contribution in [3.63, 3.8) is 0 Å². The van der Waals surface area contributed by atoms with Crippen LogP contribution >= 0.6 is 12.4 Å². The van der Waals surface area contributed by atoms with Crippen LogP contribution in [0.3, 0.4) is 0 Å². The molecule has 0 aliphatic rings. The third kappa shape index (κ3) is 8.27. The Kier molecular flexibility index (Phi) is 10.6. The first-order valence-electron chi connectivity index (χ1n) is 8.46. The standard InChI is InChI=1S/C15H22BFN6O4.ClH/c17-12-6-4-11(5-7-12)9-19-14(24)10-23-15(20-21-22-23)13(18)3-1-2-8-27-16(25)26;/h4-7,13,25-26H,1-3,8-10,18H2,(H,19,24);1H. The summed E-state index contributed by atoms with van der Waals surface area (Å²) in [6.07, 6.45) is 1.80. The first kappa shape index (κ1) is 23.9. The normalized spacial score (nSPS) is 11.6. The molecule has 0 aliphatic heterocycles. The van der Waals surface area contributed by atoms with E-state index in [-0.39, 0.29) is 43.8 Å². The van der Waals surface area contributed by atoms with Gasteiger partial charge < -0.3 is 25.8 Å². The number of halogens is 2. The van der Waals surface area contributed by atoms with E-state index < -0.39 is 13.4 Å². The second-order valence-corrected chi connectivity index (χ2v) is 5.90. The molecule has 1 amide bonds. The Labute approximate surface area is 167 Å². The van der Waals surface area contributed by atoms with Gasteiger partial charge in [0.15, 0.2) is 5.82 Å². The van der Waals surface area contributed by atoms with Crippen molar-refractivity contribution < 1.29 is 23.9 Å². The molecule has 0 fully saturated rings. The molecule has 0 bridgehead atoms. The summed E-state index contributed by atoms with van der Waals surface area (Å²) in [4.78, 5) is 12.1. The van der Waals surface area contributed by atoms with Crippen LogP contribution < -0.4 is 11.1 Å². The maximum Gasteiger partial charge on any atom is 0.633 e. The molecule has 0 spiro atoms. The van der Waals surface area contributed by atoms with Gasteiger partial charge in [0.2, 0.25) is 5.91 Å². The minimum absolute atomic E-state index is 0. The molecule has 13 heteroatoms. The molecular weight excluding hydrogens is 393 g/mol. The number of tetrazole rings is 1. The van der Waals surface area contributed by atoms with Crippen molar-refractivity contribution in [1.29, 1.82) is 0 Å². The molecule has 1 unspecified atom stereocenters. The largest absolute Gasteiger partial charge is 0.633 e. The van der Waals surface area contributed by atoms with Crippen LogP contribution in [0.1, 0.15) is 36.7 Å². The molecule has 1 aromatic heterocycles. The molecule has 0 aliphatic carbocycles. The fourth-order valence-electron chi connectivity index (χ4n) is 2.37. The first-order valence-corrected chi connectivity index (χ1v) is 8.46. The van der Waals surface area contributed by atoms with Gasteiger partial charge >= 0.3 is 7.32 Å². The third-order valence-electron chi connectivity index (χ3n) is 3.76. The molecule has 1 heterocycles. The average Bonchev–Trinajstić information content (AvgIpc) is 3.08. The quantitative estimate of drug-likeness (QED) is 0.288.